The number of carbonyl (C=O) groups excluding carboxylic acids is 2. The van der Waals surface area contributed by atoms with E-state index >= 15 is 0 Å². The van der Waals surface area contributed by atoms with Crippen LogP contribution in [0.2, 0.25) is 0 Å². The fourth-order valence-corrected chi connectivity index (χ4v) is 4.67. The Morgan fingerprint density at radius 3 is 2.66 bits per heavy atom. The van der Waals surface area contributed by atoms with Gasteiger partial charge in [-0.15, -0.1) is 10.2 Å². The van der Waals surface area contributed by atoms with E-state index in [9.17, 15) is 9.59 Å². The number of aryl methyl sites for hydroxylation is 1. The van der Waals surface area contributed by atoms with Gasteiger partial charge < -0.3 is 19.9 Å². The van der Waals surface area contributed by atoms with E-state index in [0.717, 1.165) is 48.8 Å². The fourth-order valence-electron chi connectivity index (χ4n) is 4.20. The summed E-state index contributed by atoms with van der Waals surface area (Å²) in [6.45, 7) is 0.930. The molecule has 184 valence electrons. The van der Waals surface area contributed by atoms with Crippen molar-refractivity contribution in [1.82, 2.24) is 20.1 Å². The second kappa shape index (κ2) is 11.9. The Hall–Kier alpha value is -3.33. The molecule has 0 radical (unpaired) electrons. The van der Waals surface area contributed by atoms with Crippen molar-refractivity contribution in [2.75, 3.05) is 24.4 Å². The number of para-hydroxylation sites is 1. The van der Waals surface area contributed by atoms with E-state index in [1.807, 2.05) is 30.5 Å². The molecule has 1 aliphatic heterocycles. The minimum Gasteiger partial charge on any atom is -0.496 e. The first-order valence-electron chi connectivity index (χ1n) is 11.9. The SMILES string of the molecule is COc1ccccc1C(=O)N[C@H](CCSC)C(=O)Nc1ccc(-c2nnc3n2CCCCC3)cc1. The monoisotopic (exact) mass is 493 g/mol. The summed E-state index contributed by atoms with van der Waals surface area (Å²) in [5.74, 6) is 2.51. The predicted octanol–water partition coefficient (Wildman–Crippen LogP) is 4.17. The molecule has 1 aliphatic rings. The average Bonchev–Trinajstić information content (AvgIpc) is 3.14. The highest BCUT2D eigenvalue weighted by molar-refractivity contribution is 7.98. The van der Waals surface area contributed by atoms with Crippen LogP contribution < -0.4 is 15.4 Å². The number of methoxy groups -OCH3 is 1. The van der Waals surface area contributed by atoms with Gasteiger partial charge in [0.25, 0.3) is 5.91 Å². The van der Waals surface area contributed by atoms with Crippen molar-refractivity contribution in [3.63, 3.8) is 0 Å². The van der Waals surface area contributed by atoms with Crippen molar-refractivity contribution in [3.05, 3.63) is 59.9 Å². The highest BCUT2D eigenvalue weighted by Gasteiger charge is 2.23. The number of aromatic nitrogens is 3. The Kier molecular flexibility index (Phi) is 8.41. The number of fused-ring (bicyclic) bond motifs is 1. The van der Waals surface area contributed by atoms with E-state index in [1.54, 1.807) is 36.0 Å². The topological polar surface area (TPSA) is 98.1 Å². The first-order valence-corrected chi connectivity index (χ1v) is 13.3. The third-order valence-corrected chi connectivity index (χ3v) is 6.75. The highest BCUT2D eigenvalue weighted by atomic mass is 32.2. The van der Waals surface area contributed by atoms with Crippen LogP contribution in [-0.2, 0) is 17.8 Å². The van der Waals surface area contributed by atoms with E-state index in [-0.39, 0.29) is 11.8 Å². The molecule has 8 nitrogen and oxygen atoms in total. The van der Waals surface area contributed by atoms with Crippen molar-refractivity contribution in [2.24, 2.45) is 0 Å². The molecule has 1 atom stereocenters. The molecule has 0 aliphatic carbocycles. The second-order valence-corrected chi connectivity index (χ2v) is 9.46. The van der Waals surface area contributed by atoms with E-state index in [2.05, 4.69) is 25.4 Å². The van der Waals surface area contributed by atoms with Gasteiger partial charge >= 0.3 is 0 Å². The summed E-state index contributed by atoms with van der Waals surface area (Å²) in [4.78, 5) is 26.0. The van der Waals surface area contributed by atoms with Crippen LogP contribution in [0.25, 0.3) is 11.4 Å². The molecule has 3 aromatic rings. The lowest BCUT2D eigenvalue weighted by molar-refractivity contribution is -0.118. The van der Waals surface area contributed by atoms with Crippen molar-refractivity contribution in [3.8, 4) is 17.1 Å². The molecule has 9 heteroatoms. The smallest absolute Gasteiger partial charge is 0.255 e. The molecule has 35 heavy (non-hydrogen) atoms. The third kappa shape index (κ3) is 6.03. The molecule has 0 unspecified atom stereocenters. The largest absolute Gasteiger partial charge is 0.496 e. The maximum Gasteiger partial charge on any atom is 0.255 e. The molecule has 2 aromatic carbocycles. The Morgan fingerprint density at radius 2 is 1.89 bits per heavy atom. The first kappa shape index (κ1) is 24.8. The number of amides is 2. The molecule has 4 rings (SSSR count). The quantitative estimate of drug-likeness (QED) is 0.464. The Labute approximate surface area is 209 Å². The molecule has 0 spiro atoms. The lowest BCUT2D eigenvalue weighted by Gasteiger charge is -2.19. The maximum absolute atomic E-state index is 13.1. The number of rotatable bonds is 9. The number of hydrogen-bond acceptors (Lipinski definition) is 6. The van der Waals surface area contributed by atoms with Crippen LogP contribution in [0.15, 0.2) is 48.5 Å². The standard InChI is InChI=1S/C26H31N5O3S/c1-34-22-9-6-5-8-20(22)25(32)28-21(15-17-35-2)26(33)27-19-13-11-18(12-14-19)24-30-29-23-10-4-3-7-16-31(23)24/h5-6,8-9,11-14,21H,3-4,7,10,15-17H2,1-2H3,(H,27,33)(H,28,32)/t21-/m1/s1. The van der Waals surface area contributed by atoms with E-state index in [0.29, 0.717) is 23.4 Å². The lowest BCUT2D eigenvalue weighted by Crippen LogP contribution is -2.44. The summed E-state index contributed by atoms with van der Waals surface area (Å²) in [5, 5.41) is 14.6. The summed E-state index contributed by atoms with van der Waals surface area (Å²) < 4.78 is 7.49. The van der Waals surface area contributed by atoms with Crippen molar-refractivity contribution < 1.29 is 14.3 Å². The van der Waals surface area contributed by atoms with Gasteiger partial charge in [0.05, 0.1) is 12.7 Å². The van der Waals surface area contributed by atoms with Crippen LogP contribution in [-0.4, -0.2) is 51.7 Å². The summed E-state index contributed by atoms with van der Waals surface area (Å²) >= 11 is 1.63. The number of hydrogen-bond donors (Lipinski definition) is 2. The molecule has 2 N–H and O–H groups in total. The van der Waals surface area contributed by atoms with Crippen LogP contribution in [0.3, 0.4) is 0 Å². The minimum absolute atomic E-state index is 0.258. The van der Waals surface area contributed by atoms with Gasteiger partial charge in [0.1, 0.15) is 17.6 Å². The van der Waals surface area contributed by atoms with E-state index in [4.69, 9.17) is 4.74 Å². The van der Waals surface area contributed by atoms with Crippen molar-refractivity contribution >= 4 is 29.3 Å². The zero-order valence-electron chi connectivity index (χ0n) is 20.1. The Morgan fingerprint density at radius 1 is 1.09 bits per heavy atom. The van der Waals surface area contributed by atoms with Crippen LogP contribution in [0.1, 0.15) is 41.9 Å². The molecule has 2 amide bonds. The van der Waals surface area contributed by atoms with Gasteiger partial charge in [0, 0.05) is 24.2 Å². The lowest BCUT2D eigenvalue weighted by atomic mass is 10.1. The van der Waals surface area contributed by atoms with Crippen molar-refractivity contribution in [2.45, 2.75) is 44.7 Å². The summed E-state index contributed by atoms with van der Waals surface area (Å²) in [6, 6.07) is 13.9. The number of nitrogens with one attached hydrogen (secondary N) is 2. The zero-order valence-corrected chi connectivity index (χ0v) is 20.9. The number of carbonyl (C=O) groups is 2. The number of thioether (sulfide) groups is 1. The molecule has 2 heterocycles. The molecule has 0 bridgehead atoms. The van der Waals surface area contributed by atoms with E-state index < -0.39 is 6.04 Å². The molecule has 1 aromatic heterocycles. The fraction of sp³-hybridized carbons (Fsp3) is 0.385. The maximum atomic E-state index is 13.1. The van der Waals surface area contributed by atoms with Gasteiger partial charge in [0.15, 0.2) is 5.82 Å². The Bertz CT molecular complexity index is 1160. The van der Waals surface area contributed by atoms with Gasteiger partial charge in [-0.3, -0.25) is 9.59 Å². The zero-order chi connectivity index (χ0) is 24.6. The minimum atomic E-state index is -0.674. The van der Waals surface area contributed by atoms with Gasteiger partial charge in [-0.2, -0.15) is 11.8 Å². The third-order valence-electron chi connectivity index (χ3n) is 6.10. The Balaban J connectivity index is 1.45. The van der Waals surface area contributed by atoms with Crippen molar-refractivity contribution in [1.29, 1.82) is 0 Å². The summed E-state index contributed by atoms with van der Waals surface area (Å²) in [7, 11) is 1.52. The van der Waals surface area contributed by atoms with Gasteiger partial charge in [-0.05, 0) is 67.7 Å². The number of benzene rings is 2. The van der Waals surface area contributed by atoms with Crippen LogP contribution >= 0.6 is 11.8 Å². The van der Waals surface area contributed by atoms with Crippen LogP contribution in [0, 0.1) is 0 Å². The van der Waals surface area contributed by atoms with E-state index in [1.165, 1.54) is 13.5 Å². The molecule has 0 fully saturated rings. The summed E-state index contributed by atoms with van der Waals surface area (Å²) in [6.07, 6.45) is 6.93. The molecule has 0 saturated heterocycles. The molecule has 0 saturated carbocycles. The van der Waals surface area contributed by atoms with Crippen LogP contribution in [0.4, 0.5) is 5.69 Å². The number of ether oxygens (including phenoxy) is 1. The van der Waals surface area contributed by atoms with Gasteiger partial charge in [-0.25, -0.2) is 0 Å². The highest BCUT2D eigenvalue weighted by Crippen LogP contribution is 2.24. The van der Waals surface area contributed by atoms with Crippen LogP contribution in [0.5, 0.6) is 5.75 Å². The first-order chi connectivity index (χ1) is 17.1. The predicted molar refractivity (Wildman–Crippen MR) is 139 cm³/mol. The normalized spacial score (nSPS) is 13.9. The molecular formula is C26H31N5O3S. The number of anilines is 1. The number of nitrogens with zero attached hydrogens (tertiary/aromatic N) is 3. The molecular weight excluding hydrogens is 462 g/mol. The van der Waals surface area contributed by atoms with Gasteiger partial charge in [-0.1, -0.05) is 18.6 Å². The van der Waals surface area contributed by atoms with Gasteiger partial charge in [0.2, 0.25) is 5.91 Å². The summed E-state index contributed by atoms with van der Waals surface area (Å²) in [5.41, 5.74) is 2.02. The average molecular weight is 494 g/mol. The second-order valence-electron chi connectivity index (χ2n) is 8.48.